The molecule has 1 aliphatic heterocycles. The molecule has 7 nitrogen and oxygen atoms in total. The molecule has 3 rings (SSSR count). The number of methoxy groups -OCH3 is 1. The van der Waals surface area contributed by atoms with Crippen LogP contribution in [-0.2, 0) is 9.53 Å². The van der Waals surface area contributed by atoms with Crippen molar-refractivity contribution in [1.29, 1.82) is 0 Å². The van der Waals surface area contributed by atoms with Crippen LogP contribution in [0, 0.1) is 6.92 Å². The van der Waals surface area contributed by atoms with Gasteiger partial charge in [0, 0.05) is 43.1 Å². The minimum atomic E-state index is -0.250. The van der Waals surface area contributed by atoms with E-state index in [9.17, 15) is 4.79 Å². The molecule has 1 N–H and O–H groups in total. The molecular formula is C24H33N3O4. The number of nitrogens with zero attached hydrogens (tertiary/aromatic N) is 3. The lowest BCUT2D eigenvalue weighted by atomic mass is 10.0. The zero-order valence-corrected chi connectivity index (χ0v) is 18.7. The summed E-state index contributed by atoms with van der Waals surface area (Å²) in [6, 6.07) is 14.2. The van der Waals surface area contributed by atoms with Crippen molar-refractivity contribution in [2.45, 2.75) is 32.2 Å². The summed E-state index contributed by atoms with van der Waals surface area (Å²) in [6.45, 7) is 5.23. The number of aromatic nitrogens is 1. The third-order valence-electron chi connectivity index (χ3n) is 5.45. The predicted octanol–water partition coefficient (Wildman–Crippen LogP) is 3.33. The number of carbonyl (C=O) groups is 2. The minimum absolute atomic E-state index is 0.120. The summed E-state index contributed by atoms with van der Waals surface area (Å²) >= 11 is 0. The first-order chi connectivity index (χ1) is 15.0. The van der Waals surface area contributed by atoms with Gasteiger partial charge in [0.25, 0.3) is 12.4 Å². The molecule has 168 valence electrons. The molecular weight excluding hydrogens is 394 g/mol. The van der Waals surface area contributed by atoms with Crippen molar-refractivity contribution in [2.75, 3.05) is 40.4 Å². The Morgan fingerprint density at radius 3 is 2.45 bits per heavy atom. The van der Waals surface area contributed by atoms with E-state index in [0.29, 0.717) is 12.6 Å². The Balaban J connectivity index is 0.00000107. The van der Waals surface area contributed by atoms with Crippen molar-refractivity contribution in [1.82, 2.24) is 14.8 Å². The Kier molecular flexibility index (Phi) is 10.1. The second-order valence-electron chi connectivity index (χ2n) is 7.73. The Hall–Kier alpha value is -2.77. The van der Waals surface area contributed by atoms with Crippen LogP contribution in [0.5, 0.6) is 0 Å². The molecule has 0 saturated carbocycles. The largest absolute Gasteiger partial charge is 0.483 e. The zero-order valence-electron chi connectivity index (χ0n) is 18.7. The fourth-order valence-corrected chi connectivity index (χ4v) is 3.79. The minimum Gasteiger partial charge on any atom is -0.483 e. The SMILES string of the molecule is COCCCN(C(=O)c1ccc(-c2cccc(C)n2)cc1)C1CCN(C)CC1.O=CO. The van der Waals surface area contributed by atoms with Gasteiger partial charge in [0.15, 0.2) is 0 Å². The topological polar surface area (TPSA) is 83.0 Å². The maximum Gasteiger partial charge on any atom is 0.290 e. The summed E-state index contributed by atoms with van der Waals surface area (Å²) in [5, 5.41) is 6.89. The molecule has 0 aliphatic carbocycles. The highest BCUT2D eigenvalue weighted by Gasteiger charge is 2.27. The number of carbonyl (C=O) groups excluding carboxylic acids is 1. The smallest absolute Gasteiger partial charge is 0.290 e. The van der Waals surface area contributed by atoms with Crippen LogP contribution in [0.3, 0.4) is 0 Å². The van der Waals surface area contributed by atoms with Crippen LogP contribution in [0.25, 0.3) is 11.3 Å². The van der Waals surface area contributed by atoms with Gasteiger partial charge in [0.2, 0.25) is 0 Å². The van der Waals surface area contributed by atoms with E-state index in [2.05, 4.69) is 21.8 Å². The van der Waals surface area contributed by atoms with E-state index in [4.69, 9.17) is 14.6 Å². The molecule has 2 aromatic rings. The molecule has 2 heterocycles. The molecule has 31 heavy (non-hydrogen) atoms. The van der Waals surface area contributed by atoms with E-state index in [-0.39, 0.29) is 12.4 Å². The van der Waals surface area contributed by atoms with Gasteiger partial charge < -0.3 is 19.6 Å². The number of pyridine rings is 1. The number of piperidine rings is 1. The van der Waals surface area contributed by atoms with Crippen LogP contribution in [0.1, 0.15) is 35.3 Å². The lowest BCUT2D eigenvalue weighted by molar-refractivity contribution is -0.122. The molecule has 1 aromatic heterocycles. The van der Waals surface area contributed by atoms with Crippen molar-refractivity contribution in [3.63, 3.8) is 0 Å². The molecule has 0 bridgehead atoms. The number of aryl methyl sites for hydroxylation is 1. The van der Waals surface area contributed by atoms with Crippen molar-refractivity contribution >= 4 is 12.4 Å². The molecule has 1 amide bonds. The van der Waals surface area contributed by atoms with E-state index in [1.807, 2.05) is 49.4 Å². The molecule has 1 fully saturated rings. The standard InChI is InChI=1S/C23H31N3O2.CH2O2/c1-18-6-4-7-22(24-18)19-8-10-20(11-9-19)23(27)26(14-5-17-28-3)21-12-15-25(2)16-13-21;2-1-3/h4,6-11,21H,5,12-17H2,1-3H3;1H,(H,2,3). The Bertz CT molecular complexity index is 818. The van der Waals surface area contributed by atoms with Crippen molar-refractivity contribution < 1.29 is 19.4 Å². The van der Waals surface area contributed by atoms with Crippen LogP contribution < -0.4 is 0 Å². The van der Waals surface area contributed by atoms with Crippen LogP contribution in [0.4, 0.5) is 0 Å². The Labute approximate surface area is 184 Å². The van der Waals surface area contributed by atoms with E-state index in [1.165, 1.54) is 0 Å². The number of likely N-dealkylation sites (tertiary alicyclic amines) is 1. The number of amides is 1. The second-order valence-corrected chi connectivity index (χ2v) is 7.73. The third kappa shape index (κ3) is 7.45. The molecule has 1 aromatic carbocycles. The summed E-state index contributed by atoms with van der Waals surface area (Å²) in [5.74, 6) is 0.120. The normalized spacial score (nSPS) is 14.4. The van der Waals surface area contributed by atoms with Crippen molar-refractivity contribution in [3.05, 3.63) is 53.7 Å². The quantitative estimate of drug-likeness (QED) is 0.539. The summed E-state index contributed by atoms with van der Waals surface area (Å²) in [4.78, 5) is 30.6. The number of rotatable bonds is 7. The van der Waals surface area contributed by atoms with Crippen molar-refractivity contribution in [2.24, 2.45) is 0 Å². The Morgan fingerprint density at radius 2 is 1.87 bits per heavy atom. The molecule has 7 heteroatoms. The van der Waals surface area contributed by atoms with Crippen LogP contribution >= 0.6 is 0 Å². The van der Waals surface area contributed by atoms with Gasteiger partial charge in [-0.25, -0.2) is 0 Å². The Morgan fingerprint density at radius 1 is 1.23 bits per heavy atom. The lowest BCUT2D eigenvalue weighted by Gasteiger charge is -2.37. The number of carboxylic acid groups (broad SMARTS) is 1. The maximum absolute atomic E-state index is 13.3. The highest BCUT2D eigenvalue weighted by Crippen LogP contribution is 2.22. The highest BCUT2D eigenvalue weighted by molar-refractivity contribution is 5.95. The number of benzene rings is 1. The van der Waals surface area contributed by atoms with E-state index < -0.39 is 0 Å². The van der Waals surface area contributed by atoms with E-state index in [0.717, 1.165) is 61.4 Å². The number of hydrogen-bond donors (Lipinski definition) is 1. The first-order valence-electron chi connectivity index (χ1n) is 10.6. The van der Waals surface area contributed by atoms with Gasteiger partial charge in [-0.05, 0) is 70.6 Å². The maximum atomic E-state index is 13.3. The highest BCUT2D eigenvalue weighted by atomic mass is 16.5. The second kappa shape index (κ2) is 12.8. The van der Waals surface area contributed by atoms with Gasteiger partial charge in [-0.3, -0.25) is 14.6 Å². The van der Waals surface area contributed by atoms with Gasteiger partial charge >= 0.3 is 0 Å². The average Bonchev–Trinajstić information content (AvgIpc) is 2.78. The summed E-state index contributed by atoms with van der Waals surface area (Å²) < 4.78 is 5.20. The summed E-state index contributed by atoms with van der Waals surface area (Å²) in [7, 11) is 3.85. The van der Waals surface area contributed by atoms with Gasteiger partial charge in [-0.1, -0.05) is 18.2 Å². The molecule has 0 radical (unpaired) electrons. The van der Waals surface area contributed by atoms with E-state index >= 15 is 0 Å². The van der Waals surface area contributed by atoms with Gasteiger partial charge in [0.05, 0.1) is 5.69 Å². The monoisotopic (exact) mass is 427 g/mol. The summed E-state index contributed by atoms with van der Waals surface area (Å²) in [6.07, 6.45) is 2.92. The van der Waals surface area contributed by atoms with E-state index in [1.54, 1.807) is 7.11 Å². The van der Waals surface area contributed by atoms with Gasteiger partial charge in [0.1, 0.15) is 0 Å². The average molecular weight is 428 g/mol. The first kappa shape index (κ1) is 24.5. The fourth-order valence-electron chi connectivity index (χ4n) is 3.79. The molecule has 1 saturated heterocycles. The molecule has 0 atom stereocenters. The van der Waals surface area contributed by atoms with Gasteiger partial charge in [-0.15, -0.1) is 0 Å². The number of hydrogen-bond acceptors (Lipinski definition) is 5. The molecule has 1 aliphatic rings. The zero-order chi connectivity index (χ0) is 22.6. The predicted molar refractivity (Wildman–Crippen MR) is 121 cm³/mol. The molecule has 0 spiro atoms. The van der Waals surface area contributed by atoms with Crippen LogP contribution in [0.2, 0.25) is 0 Å². The van der Waals surface area contributed by atoms with Crippen molar-refractivity contribution in [3.8, 4) is 11.3 Å². The molecule has 0 unspecified atom stereocenters. The number of ether oxygens (including phenoxy) is 1. The van der Waals surface area contributed by atoms with Crippen LogP contribution in [0.15, 0.2) is 42.5 Å². The fraction of sp³-hybridized carbons (Fsp3) is 0.458. The first-order valence-corrected chi connectivity index (χ1v) is 10.6. The summed E-state index contributed by atoms with van der Waals surface area (Å²) in [5.41, 5.74) is 3.70. The third-order valence-corrected chi connectivity index (χ3v) is 5.45. The van der Waals surface area contributed by atoms with Crippen LogP contribution in [-0.4, -0.2) is 78.7 Å². The van der Waals surface area contributed by atoms with Gasteiger partial charge in [-0.2, -0.15) is 0 Å². The lowest BCUT2D eigenvalue weighted by Crippen LogP contribution is -2.47.